The zero-order chi connectivity index (χ0) is 15.0. The molecule has 1 amide bonds. The zero-order valence-corrected chi connectivity index (χ0v) is 12.6. The molecule has 5 nitrogen and oxygen atoms in total. The van der Waals surface area contributed by atoms with Gasteiger partial charge >= 0.3 is 0 Å². The number of carbonyl (C=O) groups is 1. The topological polar surface area (TPSA) is 59.0 Å². The van der Waals surface area contributed by atoms with Crippen LogP contribution >= 0.6 is 0 Å². The highest BCUT2D eigenvalue weighted by Gasteiger charge is 2.25. The molecule has 2 N–H and O–H groups in total. The Bertz CT molecular complexity index is 690. The summed E-state index contributed by atoms with van der Waals surface area (Å²) in [5.74, 6) is 0.00343. The smallest absolute Gasteiger partial charge is 0.241 e. The zero-order valence-electron chi connectivity index (χ0n) is 12.6. The Balaban J connectivity index is 1.75. The number of hydrogen-bond acceptors (Lipinski definition) is 3. The van der Waals surface area contributed by atoms with E-state index < -0.39 is 0 Å². The van der Waals surface area contributed by atoms with Crippen molar-refractivity contribution in [2.75, 3.05) is 5.32 Å². The highest BCUT2D eigenvalue weighted by Crippen LogP contribution is 2.21. The summed E-state index contributed by atoms with van der Waals surface area (Å²) in [7, 11) is 1.88. The molecule has 110 valence electrons. The Morgan fingerprint density at radius 3 is 2.71 bits per heavy atom. The number of nitrogens with one attached hydrogen (secondary N) is 2. The Morgan fingerprint density at radius 1 is 1.33 bits per heavy atom. The molecule has 1 aromatic carbocycles. The van der Waals surface area contributed by atoms with E-state index in [0.717, 1.165) is 30.0 Å². The van der Waals surface area contributed by atoms with Crippen LogP contribution in [0.3, 0.4) is 0 Å². The lowest BCUT2D eigenvalue weighted by Crippen LogP contribution is -2.44. The normalized spacial score (nSPS) is 17.4. The van der Waals surface area contributed by atoms with E-state index >= 15 is 0 Å². The van der Waals surface area contributed by atoms with Crippen molar-refractivity contribution in [1.82, 2.24) is 15.1 Å². The van der Waals surface area contributed by atoms with E-state index in [9.17, 15) is 4.79 Å². The fourth-order valence-electron chi connectivity index (χ4n) is 2.80. The summed E-state index contributed by atoms with van der Waals surface area (Å²) in [6, 6.07) is 8.06. The number of fused-ring (bicyclic) bond motifs is 1. The predicted octanol–water partition coefficient (Wildman–Crippen LogP) is 1.69. The maximum Gasteiger partial charge on any atom is 0.241 e. The van der Waals surface area contributed by atoms with Gasteiger partial charge in [-0.05, 0) is 31.4 Å². The van der Waals surface area contributed by atoms with Crippen molar-refractivity contribution in [1.29, 1.82) is 0 Å². The number of anilines is 1. The van der Waals surface area contributed by atoms with Gasteiger partial charge in [-0.3, -0.25) is 9.48 Å². The highest BCUT2D eigenvalue weighted by atomic mass is 16.2. The molecular weight excluding hydrogens is 264 g/mol. The predicted molar refractivity (Wildman–Crippen MR) is 82.1 cm³/mol. The summed E-state index contributed by atoms with van der Waals surface area (Å²) >= 11 is 0. The van der Waals surface area contributed by atoms with Gasteiger partial charge in [0.05, 0.1) is 23.1 Å². The molecule has 0 aliphatic carbocycles. The van der Waals surface area contributed by atoms with Gasteiger partial charge in [-0.1, -0.05) is 24.3 Å². The molecule has 1 atom stereocenters. The molecular formula is C16H20N4O. The maximum atomic E-state index is 12.5. The van der Waals surface area contributed by atoms with Crippen LogP contribution < -0.4 is 10.6 Å². The van der Waals surface area contributed by atoms with Crippen molar-refractivity contribution in [3.63, 3.8) is 0 Å². The van der Waals surface area contributed by atoms with Crippen molar-refractivity contribution >= 4 is 11.6 Å². The van der Waals surface area contributed by atoms with Crippen LogP contribution in [0, 0.1) is 13.8 Å². The highest BCUT2D eigenvalue weighted by molar-refractivity contribution is 5.96. The van der Waals surface area contributed by atoms with Crippen molar-refractivity contribution in [2.24, 2.45) is 7.05 Å². The first kappa shape index (κ1) is 13.8. The fourth-order valence-corrected chi connectivity index (χ4v) is 2.80. The Kier molecular flexibility index (Phi) is 3.51. The molecule has 2 aromatic rings. The summed E-state index contributed by atoms with van der Waals surface area (Å²) in [5, 5.41) is 10.6. The minimum atomic E-state index is -0.195. The van der Waals surface area contributed by atoms with E-state index in [1.54, 1.807) is 4.68 Å². The molecule has 1 aliphatic rings. The molecule has 1 aromatic heterocycles. The van der Waals surface area contributed by atoms with Gasteiger partial charge in [-0.2, -0.15) is 5.10 Å². The van der Waals surface area contributed by atoms with Crippen LogP contribution in [0.25, 0.3) is 0 Å². The summed E-state index contributed by atoms with van der Waals surface area (Å²) in [4.78, 5) is 12.5. The summed E-state index contributed by atoms with van der Waals surface area (Å²) in [6.07, 6.45) is 0.723. The second-order valence-electron chi connectivity index (χ2n) is 5.56. The van der Waals surface area contributed by atoms with Gasteiger partial charge in [-0.15, -0.1) is 0 Å². The summed E-state index contributed by atoms with van der Waals surface area (Å²) in [5.41, 5.74) is 5.16. The number of aromatic nitrogens is 2. The first-order valence-corrected chi connectivity index (χ1v) is 7.17. The molecule has 0 spiro atoms. The quantitative estimate of drug-likeness (QED) is 0.882. The Hall–Kier alpha value is -2.14. The first-order valence-electron chi connectivity index (χ1n) is 7.17. The number of rotatable bonds is 2. The second kappa shape index (κ2) is 5.33. The minimum Gasteiger partial charge on any atom is -0.322 e. The van der Waals surface area contributed by atoms with Crippen LogP contribution in [0.15, 0.2) is 24.3 Å². The molecule has 2 heterocycles. The number of nitrogens with zero attached hydrogens (tertiary/aromatic N) is 2. The SMILES string of the molecule is Cc1nn(C)c(C)c1NC(=O)[C@H]1Cc2ccccc2CN1. The summed E-state index contributed by atoms with van der Waals surface area (Å²) in [6.45, 7) is 4.60. The molecule has 0 saturated heterocycles. The lowest BCUT2D eigenvalue weighted by Gasteiger charge is -2.25. The standard InChI is InChI=1S/C16H20N4O/c1-10-15(11(2)20(3)19-10)18-16(21)14-8-12-6-4-5-7-13(12)9-17-14/h4-7,14,17H,8-9H2,1-3H3,(H,18,21)/t14-/m1/s1. The average Bonchev–Trinajstić information content (AvgIpc) is 2.73. The number of carbonyl (C=O) groups excluding carboxylic acids is 1. The third-order valence-electron chi connectivity index (χ3n) is 4.16. The molecule has 0 fully saturated rings. The van der Waals surface area contributed by atoms with Gasteiger partial charge in [0, 0.05) is 13.6 Å². The molecule has 5 heteroatoms. The third kappa shape index (κ3) is 2.56. The van der Waals surface area contributed by atoms with Crippen LogP contribution in [0.1, 0.15) is 22.5 Å². The molecule has 3 rings (SSSR count). The van der Waals surface area contributed by atoms with E-state index in [4.69, 9.17) is 0 Å². The summed E-state index contributed by atoms with van der Waals surface area (Å²) < 4.78 is 1.79. The van der Waals surface area contributed by atoms with Crippen molar-refractivity contribution < 1.29 is 4.79 Å². The molecule has 1 aliphatic heterocycles. The average molecular weight is 284 g/mol. The minimum absolute atomic E-state index is 0.00343. The number of amides is 1. The number of benzene rings is 1. The Labute approximate surface area is 124 Å². The van der Waals surface area contributed by atoms with Crippen LogP contribution in [0.5, 0.6) is 0 Å². The monoisotopic (exact) mass is 284 g/mol. The number of aryl methyl sites for hydroxylation is 2. The van der Waals surface area contributed by atoms with Crippen LogP contribution in [-0.4, -0.2) is 21.7 Å². The maximum absolute atomic E-state index is 12.5. The molecule has 0 unspecified atom stereocenters. The van der Waals surface area contributed by atoms with E-state index in [0.29, 0.717) is 0 Å². The largest absolute Gasteiger partial charge is 0.322 e. The van der Waals surface area contributed by atoms with Crippen LogP contribution in [0.2, 0.25) is 0 Å². The van der Waals surface area contributed by atoms with Gasteiger partial charge in [0.1, 0.15) is 0 Å². The van der Waals surface area contributed by atoms with Gasteiger partial charge in [0.15, 0.2) is 0 Å². The molecule has 0 radical (unpaired) electrons. The van der Waals surface area contributed by atoms with E-state index in [2.05, 4.69) is 27.9 Å². The Morgan fingerprint density at radius 2 is 2.05 bits per heavy atom. The van der Waals surface area contributed by atoms with Gasteiger partial charge in [-0.25, -0.2) is 0 Å². The van der Waals surface area contributed by atoms with E-state index in [1.807, 2.05) is 33.0 Å². The molecule has 0 bridgehead atoms. The van der Waals surface area contributed by atoms with Crippen LogP contribution in [0.4, 0.5) is 5.69 Å². The molecule has 21 heavy (non-hydrogen) atoms. The van der Waals surface area contributed by atoms with Crippen LogP contribution in [-0.2, 0) is 24.8 Å². The van der Waals surface area contributed by atoms with Gasteiger partial charge < -0.3 is 10.6 Å². The van der Waals surface area contributed by atoms with Crippen molar-refractivity contribution in [3.05, 3.63) is 46.8 Å². The van der Waals surface area contributed by atoms with Crippen molar-refractivity contribution in [3.8, 4) is 0 Å². The van der Waals surface area contributed by atoms with E-state index in [1.165, 1.54) is 11.1 Å². The second-order valence-corrected chi connectivity index (χ2v) is 5.56. The first-order chi connectivity index (χ1) is 10.1. The fraction of sp³-hybridized carbons (Fsp3) is 0.375. The van der Waals surface area contributed by atoms with Gasteiger partial charge in [0.2, 0.25) is 5.91 Å². The third-order valence-corrected chi connectivity index (χ3v) is 4.16. The lowest BCUT2D eigenvalue weighted by atomic mass is 9.95. The van der Waals surface area contributed by atoms with E-state index in [-0.39, 0.29) is 11.9 Å². The lowest BCUT2D eigenvalue weighted by molar-refractivity contribution is -0.118. The number of hydrogen-bond donors (Lipinski definition) is 2. The van der Waals surface area contributed by atoms with Crippen molar-refractivity contribution in [2.45, 2.75) is 32.9 Å². The molecule has 0 saturated carbocycles. The van der Waals surface area contributed by atoms with Gasteiger partial charge in [0.25, 0.3) is 0 Å².